The zero-order valence-electron chi connectivity index (χ0n) is 12.1. The molecular formula is C17H10N2O4. The molecule has 0 aliphatic carbocycles. The first kappa shape index (κ1) is 13.4. The van der Waals surface area contributed by atoms with E-state index in [2.05, 4.69) is 0 Å². The number of imide groups is 2. The van der Waals surface area contributed by atoms with Gasteiger partial charge in [0.25, 0.3) is 23.6 Å². The van der Waals surface area contributed by atoms with Crippen LogP contribution in [-0.4, -0.2) is 35.6 Å². The molecule has 2 aliphatic rings. The van der Waals surface area contributed by atoms with Gasteiger partial charge in [0.2, 0.25) is 0 Å². The monoisotopic (exact) mass is 306 g/mol. The molecule has 4 rings (SSSR count). The van der Waals surface area contributed by atoms with E-state index in [4.69, 9.17) is 0 Å². The molecule has 0 radical (unpaired) electrons. The molecule has 0 unspecified atom stereocenters. The predicted octanol–water partition coefficient (Wildman–Crippen LogP) is 1.71. The fraction of sp³-hybridized carbons (Fsp3) is 0.0588. The van der Waals surface area contributed by atoms with Crippen LogP contribution in [-0.2, 0) is 0 Å². The third kappa shape index (κ3) is 1.57. The minimum absolute atomic E-state index is 0.0921. The molecule has 4 amide bonds. The van der Waals surface area contributed by atoms with Crippen LogP contribution in [0.1, 0.15) is 41.4 Å². The fourth-order valence-corrected chi connectivity index (χ4v) is 2.98. The largest absolute Gasteiger partial charge is 0.277 e. The second-order valence-corrected chi connectivity index (χ2v) is 5.36. The molecule has 2 aliphatic heterocycles. The number of rotatable bonds is 1. The van der Waals surface area contributed by atoms with Crippen molar-refractivity contribution in [1.29, 1.82) is 0 Å². The smallest absolute Gasteiger partial charge is 0.266 e. The number of carbonyl (C=O) groups excluding carboxylic acids is 4. The Morgan fingerprint density at radius 2 is 1.22 bits per heavy atom. The first-order chi connectivity index (χ1) is 11.0. The first-order valence-electron chi connectivity index (χ1n) is 6.95. The van der Waals surface area contributed by atoms with Crippen LogP contribution in [0.4, 0.5) is 5.69 Å². The van der Waals surface area contributed by atoms with Crippen molar-refractivity contribution in [3.8, 4) is 0 Å². The normalized spacial score (nSPS) is 16.2. The molecule has 6 heteroatoms. The molecule has 0 N–H and O–H groups in total. The van der Waals surface area contributed by atoms with Crippen molar-refractivity contribution in [3.63, 3.8) is 0 Å². The Balaban J connectivity index is 1.93. The van der Waals surface area contributed by atoms with Crippen molar-refractivity contribution in [1.82, 2.24) is 4.90 Å². The summed E-state index contributed by atoms with van der Waals surface area (Å²) in [4.78, 5) is 51.5. The van der Waals surface area contributed by atoms with Crippen molar-refractivity contribution in [2.45, 2.75) is 0 Å². The number of nitrogens with zero attached hydrogens (tertiary/aromatic N) is 2. The number of benzene rings is 2. The second kappa shape index (κ2) is 4.36. The van der Waals surface area contributed by atoms with Crippen molar-refractivity contribution < 1.29 is 19.2 Å². The van der Waals surface area contributed by atoms with Crippen LogP contribution in [0.15, 0.2) is 42.5 Å². The standard InChI is InChI=1S/C17H10N2O4/c1-18-14(20)11-7-4-8-12(13(11)17(18)23)19-15(21)9-5-2-3-6-10(9)16(19)22/h2-8H,1H3. The average molecular weight is 306 g/mol. The summed E-state index contributed by atoms with van der Waals surface area (Å²) < 4.78 is 0. The zero-order valence-corrected chi connectivity index (χ0v) is 12.1. The van der Waals surface area contributed by atoms with Gasteiger partial charge in [-0.05, 0) is 24.3 Å². The van der Waals surface area contributed by atoms with Gasteiger partial charge in [0.1, 0.15) is 0 Å². The second-order valence-electron chi connectivity index (χ2n) is 5.36. The minimum Gasteiger partial charge on any atom is -0.277 e. The number of hydrogen-bond donors (Lipinski definition) is 0. The number of fused-ring (bicyclic) bond motifs is 2. The molecule has 0 fully saturated rings. The maximum absolute atomic E-state index is 12.6. The maximum atomic E-state index is 12.6. The van der Waals surface area contributed by atoms with Crippen LogP contribution in [0.3, 0.4) is 0 Å². The van der Waals surface area contributed by atoms with E-state index in [9.17, 15) is 19.2 Å². The Hall–Kier alpha value is -3.28. The van der Waals surface area contributed by atoms with Gasteiger partial charge >= 0.3 is 0 Å². The lowest BCUT2D eigenvalue weighted by atomic mass is 10.1. The topological polar surface area (TPSA) is 74.8 Å². The molecule has 112 valence electrons. The fourth-order valence-electron chi connectivity index (χ4n) is 2.98. The van der Waals surface area contributed by atoms with E-state index in [-0.39, 0.29) is 16.8 Å². The number of anilines is 1. The Morgan fingerprint density at radius 3 is 1.83 bits per heavy atom. The molecule has 2 aromatic carbocycles. The molecule has 2 heterocycles. The molecule has 0 saturated heterocycles. The van der Waals surface area contributed by atoms with Gasteiger partial charge in [0.15, 0.2) is 0 Å². The Kier molecular flexibility index (Phi) is 2.54. The number of hydrogen-bond acceptors (Lipinski definition) is 4. The van der Waals surface area contributed by atoms with Crippen LogP contribution in [0.2, 0.25) is 0 Å². The molecule has 0 bridgehead atoms. The SMILES string of the molecule is CN1C(=O)c2cccc(N3C(=O)c4ccccc4C3=O)c2C1=O. The summed E-state index contributed by atoms with van der Waals surface area (Å²) in [6.45, 7) is 0. The highest BCUT2D eigenvalue weighted by Gasteiger charge is 2.42. The molecule has 0 spiro atoms. The van der Waals surface area contributed by atoms with E-state index in [1.807, 2.05) is 0 Å². The number of carbonyl (C=O) groups is 4. The molecule has 0 aromatic heterocycles. The lowest BCUT2D eigenvalue weighted by Crippen LogP contribution is -2.31. The van der Waals surface area contributed by atoms with Gasteiger partial charge in [-0.2, -0.15) is 0 Å². The third-order valence-electron chi connectivity index (χ3n) is 4.13. The van der Waals surface area contributed by atoms with Gasteiger partial charge < -0.3 is 0 Å². The summed E-state index contributed by atoms with van der Waals surface area (Å²) in [6.07, 6.45) is 0. The number of amides is 4. The summed E-state index contributed by atoms with van der Waals surface area (Å²) in [5.74, 6) is -1.94. The van der Waals surface area contributed by atoms with E-state index < -0.39 is 23.6 Å². The first-order valence-corrected chi connectivity index (χ1v) is 6.95. The quantitative estimate of drug-likeness (QED) is 0.752. The lowest BCUT2D eigenvalue weighted by molar-refractivity contribution is 0.0693. The van der Waals surface area contributed by atoms with Gasteiger partial charge in [-0.15, -0.1) is 0 Å². The Morgan fingerprint density at radius 1 is 0.652 bits per heavy atom. The zero-order chi connectivity index (χ0) is 16.3. The lowest BCUT2D eigenvalue weighted by Gasteiger charge is -2.16. The molecule has 23 heavy (non-hydrogen) atoms. The summed E-state index contributed by atoms with van der Waals surface area (Å²) in [5.41, 5.74) is 1.03. The minimum atomic E-state index is -0.517. The van der Waals surface area contributed by atoms with E-state index >= 15 is 0 Å². The van der Waals surface area contributed by atoms with Crippen molar-refractivity contribution in [3.05, 3.63) is 64.7 Å². The van der Waals surface area contributed by atoms with Crippen LogP contribution in [0.25, 0.3) is 0 Å². The summed E-state index contributed by atoms with van der Waals surface area (Å²) in [6, 6.07) is 11.1. The predicted molar refractivity (Wildman–Crippen MR) is 80.4 cm³/mol. The summed E-state index contributed by atoms with van der Waals surface area (Å²) >= 11 is 0. The summed E-state index contributed by atoms with van der Waals surface area (Å²) in [5, 5.41) is 0. The maximum Gasteiger partial charge on any atom is 0.266 e. The van der Waals surface area contributed by atoms with E-state index in [1.54, 1.807) is 30.3 Å². The van der Waals surface area contributed by atoms with Crippen molar-refractivity contribution in [2.75, 3.05) is 11.9 Å². The summed E-state index contributed by atoms with van der Waals surface area (Å²) in [7, 11) is 1.37. The van der Waals surface area contributed by atoms with Crippen molar-refractivity contribution in [2.24, 2.45) is 0 Å². The van der Waals surface area contributed by atoms with Gasteiger partial charge in [0.05, 0.1) is 27.9 Å². The van der Waals surface area contributed by atoms with E-state index in [0.29, 0.717) is 11.1 Å². The molecular weight excluding hydrogens is 296 g/mol. The van der Waals surface area contributed by atoms with Gasteiger partial charge in [-0.25, -0.2) is 4.90 Å². The molecule has 6 nitrogen and oxygen atoms in total. The van der Waals surface area contributed by atoms with Crippen LogP contribution in [0, 0.1) is 0 Å². The van der Waals surface area contributed by atoms with Gasteiger partial charge in [-0.1, -0.05) is 18.2 Å². The van der Waals surface area contributed by atoms with Crippen LogP contribution >= 0.6 is 0 Å². The molecule has 0 atom stereocenters. The Bertz CT molecular complexity index is 897. The van der Waals surface area contributed by atoms with Crippen molar-refractivity contribution >= 4 is 29.3 Å². The highest BCUT2D eigenvalue weighted by Crippen LogP contribution is 2.35. The van der Waals surface area contributed by atoms with E-state index in [1.165, 1.54) is 19.2 Å². The van der Waals surface area contributed by atoms with E-state index in [0.717, 1.165) is 9.80 Å². The van der Waals surface area contributed by atoms with Crippen LogP contribution < -0.4 is 4.90 Å². The Labute approximate surface area is 130 Å². The molecule has 2 aromatic rings. The highest BCUT2D eigenvalue weighted by atomic mass is 16.2. The highest BCUT2D eigenvalue weighted by molar-refractivity contribution is 6.36. The average Bonchev–Trinajstić information content (AvgIpc) is 2.95. The van der Waals surface area contributed by atoms with Crippen LogP contribution in [0.5, 0.6) is 0 Å². The molecule has 0 saturated carbocycles. The van der Waals surface area contributed by atoms with Gasteiger partial charge in [-0.3, -0.25) is 24.1 Å². The van der Waals surface area contributed by atoms with Gasteiger partial charge in [0, 0.05) is 7.05 Å². The third-order valence-corrected chi connectivity index (χ3v) is 4.13.